The molecule has 5 rings (SSSR count). The summed E-state index contributed by atoms with van der Waals surface area (Å²) in [5, 5.41) is 4.19. The highest BCUT2D eigenvalue weighted by atomic mass is 16.6. The molecule has 6 heteroatoms. The quantitative estimate of drug-likeness (QED) is 0.380. The fourth-order valence-electron chi connectivity index (χ4n) is 4.57. The van der Waals surface area contributed by atoms with Crippen LogP contribution in [0.15, 0.2) is 71.5 Å². The molecule has 1 N–H and O–H groups in total. The summed E-state index contributed by atoms with van der Waals surface area (Å²) in [6.07, 6.45) is 1.25. The zero-order valence-corrected chi connectivity index (χ0v) is 20.7. The number of anilines is 1. The zero-order chi connectivity index (χ0) is 25.1. The number of carbonyl (C=O) groups excluding carboxylic acids is 1. The molecule has 2 heterocycles. The number of benzene rings is 3. The normalized spacial score (nSPS) is 12.5. The number of Topliss-reactive ketones (excluding diaryl/α,β-unsaturated/α-hetero) is 1. The molecule has 1 aliphatic rings. The summed E-state index contributed by atoms with van der Waals surface area (Å²) >= 11 is 0. The Labute approximate surface area is 210 Å². The Morgan fingerprint density at radius 2 is 1.67 bits per heavy atom. The number of nitrogens with zero attached hydrogens (tertiary/aromatic N) is 1. The van der Waals surface area contributed by atoms with Gasteiger partial charge in [0.25, 0.3) is 5.56 Å². The fourth-order valence-corrected chi connectivity index (χ4v) is 4.57. The van der Waals surface area contributed by atoms with Gasteiger partial charge in [-0.1, -0.05) is 43.3 Å². The molecule has 184 valence electrons. The Kier molecular flexibility index (Phi) is 6.76. The Morgan fingerprint density at radius 1 is 0.944 bits per heavy atom. The first kappa shape index (κ1) is 23.7. The minimum atomic E-state index is -0.185. The molecular formula is C30H30N2O4. The summed E-state index contributed by atoms with van der Waals surface area (Å²) in [6.45, 7) is 5.38. The molecule has 0 saturated carbocycles. The molecule has 0 fully saturated rings. The molecule has 0 spiro atoms. The Hall–Kier alpha value is -4.06. The lowest BCUT2D eigenvalue weighted by Crippen LogP contribution is -2.29. The van der Waals surface area contributed by atoms with Crippen molar-refractivity contribution in [1.82, 2.24) is 4.57 Å². The first-order valence-corrected chi connectivity index (χ1v) is 12.4. The summed E-state index contributed by atoms with van der Waals surface area (Å²) in [6, 6.07) is 21.6. The van der Waals surface area contributed by atoms with Crippen molar-refractivity contribution in [2.75, 3.05) is 18.5 Å². The van der Waals surface area contributed by atoms with E-state index >= 15 is 0 Å². The van der Waals surface area contributed by atoms with E-state index in [1.807, 2.05) is 61.5 Å². The van der Waals surface area contributed by atoms with Crippen LogP contribution in [0.5, 0.6) is 11.5 Å². The van der Waals surface area contributed by atoms with Crippen LogP contribution < -0.4 is 20.3 Å². The zero-order valence-electron chi connectivity index (χ0n) is 20.7. The number of carbonyl (C=O) groups is 1. The maximum atomic E-state index is 13.6. The standard InChI is InChI=1S/C30H30N2O4/c1-3-21-8-10-25(11-9-21)31-18-24-14-23-16-28-29(36-13-12-35-28)17-27(23)32(30(24)34)19-26(33)15-22-7-5-4-6-20(22)2/h4-11,14,16-17,31H,3,12-13,15,18-19H2,1-2H3. The van der Waals surface area contributed by atoms with Crippen LogP contribution in [0.1, 0.15) is 29.2 Å². The Morgan fingerprint density at radius 3 is 2.39 bits per heavy atom. The van der Waals surface area contributed by atoms with E-state index in [1.54, 1.807) is 4.57 Å². The van der Waals surface area contributed by atoms with Crippen molar-refractivity contribution in [3.63, 3.8) is 0 Å². The van der Waals surface area contributed by atoms with Crippen molar-refractivity contribution in [1.29, 1.82) is 0 Å². The van der Waals surface area contributed by atoms with E-state index in [0.717, 1.165) is 28.6 Å². The molecule has 0 bridgehead atoms. The molecule has 0 atom stereocenters. The molecule has 6 nitrogen and oxygen atoms in total. The third kappa shape index (κ3) is 4.98. The lowest BCUT2D eigenvalue weighted by molar-refractivity contribution is -0.119. The smallest absolute Gasteiger partial charge is 0.256 e. The average molecular weight is 483 g/mol. The first-order chi connectivity index (χ1) is 17.5. The van der Waals surface area contributed by atoms with E-state index < -0.39 is 0 Å². The van der Waals surface area contributed by atoms with E-state index in [4.69, 9.17) is 9.47 Å². The van der Waals surface area contributed by atoms with Gasteiger partial charge in [-0.3, -0.25) is 9.59 Å². The van der Waals surface area contributed by atoms with Gasteiger partial charge in [-0.2, -0.15) is 0 Å². The molecule has 0 aliphatic carbocycles. The first-order valence-electron chi connectivity index (χ1n) is 12.4. The highest BCUT2D eigenvalue weighted by molar-refractivity contribution is 5.87. The van der Waals surface area contributed by atoms with Crippen molar-refractivity contribution < 1.29 is 14.3 Å². The highest BCUT2D eigenvalue weighted by Gasteiger charge is 2.18. The van der Waals surface area contributed by atoms with Gasteiger partial charge in [-0.05, 0) is 54.3 Å². The molecule has 36 heavy (non-hydrogen) atoms. The van der Waals surface area contributed by atoms with Gasteiger partial charge < -0.3 is 19.4 Å². The van der Waals surface area contributed by atoms with Gasteiger partial charge >= 0.3 is 0 Å². The lowest BCUT2D eigenvalue weighted by Gasteiger charge is -2.21. The number of hydrogen-bond acceptors (Lipinski definition) is 5. The number of fused-ring (bicyclic) bond motifs is 2. The van der Waals surface area contributed by atoms with Crippen LogP contribution in [0.4, 0.5) is 5.69 Å². The Balaban J connectivity index is 1.50. The third-order valence-corrected chi connectivity index (χ3v) is 6.66. The number of aryl methyl sites for hydroxylation is 2. The summed E-state index contributed by atoms with van der Waals surface area (Å²) in [4.78, 5) is 26.8. The van der Waals surface area contributed by atoms with E-state index in [2.05, 4.69) is 24.4 Å². The van der Waals surface area contributed by atoms with Crippen molar-refractivity contribution in [3.8, 4) is 11.5 Å². The van der Waals surface area contributed by atoms with E-state index in [1.165, 1.54) is 5.56 Å². The van der Waals surface area contributed by atoms with Gasteiger partial charge in [0.2, 0.25) is 0 Å². The van der Waals surface area contributed by atoms with Crippen LogP contribution in [-0.2, 0) is 30.7 Å². The number of pyridine rings is 1. The molecule has 0 amide bonds. The van der Waals surface area contributed by atoms with Gasteiger partial charge in [-0.25, -0.2) is 0 Å². The molecular weight excluding hydrogens is 452 g/mol. The maximum absolute atomic E-state index is 13.6. The lowest BCUT2D eigenvalue weighted by atomic mass is 10.0. The fraction of sp³-hybridized carbons (Fsp3) is 0.267. The second-order valence-corrected chi connectivity index (χ2v) is 9.16. The SMILES string of the molecule is CCc1ccc(NCc2cc3cc4c(cc3n(CC(=O)Cc3ccccc3C)c2=O)OCCO4)cc1. The van der Waals surface area contributed by atoms with Crippen LogP contribution in [0.25, 0.3) is 10.9 Å². The second kappa shape index (κ2) is 10.3. The van der Waals surface area contributed by atoms with Crippen LogP contribution in [0.2, 0.25) is 0 Å². The maximum Gasteiger partial charge on any atom is 0.256 e. The Bertz CT molecular complexity index is 1470. The van der Waals surface area contributed by atoms with E-state index in [-0.39, 0.29) is 24.3 Å². The van der Waals surface area contributed by atoms with Crippen molar-refractivity contribution >= 4 is 22.4 Å². The number of rotatable bonds is 8. The predicted molar refractivity (Wildman–Crippen MR) is 142 cm³/mol. The van der Waals surface area contributed by atoms with Crippen LogP contribution >= 0.6 is 0 Å². The summed E-state index contributed by atoms with van der Waals surface area (Å²) in [5.41, 5.74) is 5.30. The number of hydrogen-bond donors (Lipinski definition) is 1. The van der Waals surface area contributed by atoms with E-state index in [0.29, 0.717) is 42.3 Å². The van der Waals surface area contributed by atoms with Gasteiger partial charge in [-0.15, -0.1) is 0 Å². The monoisotopic (exact) mass is 482 g/mol. The minimum Gasteiger partial charge on any atom is -0.486 e. The molecule has 4 aromatic rings. The second-order valence-electron chi connectivity index (χ2n) is 9.16. The van der Waals surface area contributed by atoms with Crippen molar-refractivity contribution in [3.05, 3.63) is 99.3 Å². The topological polar surface area (TPSA) is 69.6 Å². The molecule has 3 aromatic carbocycles. The van der Waals surface area contributed by atoms with Crippen LogP contribution in [0, 0.1) is 6.92 Å². The van der Waals surface area contributed by atoms with Gasteiger partial charge in [0.15, 0.2) is 17.3 Å². The number of nitrogens with one attached hydrogen (secondary N) is 1. The van der Waals surface area contributed by atoms with Crippen molar-refractivity contribution in [2.24, 2.45) is 0 Å². The number of aromatic nitrogens is 1. The number of ether oxygens (including phenoxy) is 2. The molecule has 0 unspecified atom stereocenters. The summed E-state index contributed by atoms with van der Waals surface area (Å²) < 4.78 is 13.1. The molecule has 1 aromatic heterocycles. The summed E-state index contributed by atoms with van der Waals surface area (Å²) in [7, 11) is 0. The predicted octanol–water partition coefficient (Wildman–Crippen LogP) is 5.07. The van der Waals surface area contributed by atoms with Crippen molar-refractivity contribution in [2.45, 2.75) is 39.8 Å². The van der Waals surface area contributed by atoms with Gasteiger partial charge in [0.1, 0.15) is 13.2 Å². The third-order valence-electron chi connectivity index (χ3n) is 6.66. The minimum absolute atomic E-state index is 0.0116. The van der Waals surface area contributed by atoms with Crippen LogP contribution in [-0.4, -0.2) is 23.6 Å². The van der Waals surface area contributed by atoms with Gasteiger partial charge in [0, 0.05) is 35.7 Å². The average Bonchev–Trinajstić information content (AvgIpc) is 2.90. The van der Waals surface area contributed by atoms with Crippen LogP contribution in [0.3, 0.4) is 0 Å². The number of ketones is 1. The molecule has 1 aliphatic heterocycles. The van der Waals surface area contributed by atoms with E-state index in [9.17, 15) is 9.59 Å². The van der Waals surface area contributed by atoms with Gasteiger partial charge in [0.05, 0.1) is 12.1 Å². The largest absolute Gasteiger partial charge is 0.486 e. The molecule has 0 radical (unpaired) electrons. The summed E-state index contributed by atoms with van der Waals surface area (Å²) in [5.74, 6) is 1.22. The highest BCUT2D eigenvalue weighted by Crippen LogP contribution is 2.34. The molecule has 0 saturated heterocycles.